The molecule has 0 bridgehead atoms. The second-order valence-electron chi connectivity index (χ2n) is 5.09. The Kier molecular flexibility index (Phi) is 13.9. The van der Waals surface area contributed by atoms with Crippen molar-refractivity contribution in [3.8, 4) is 0 Å². The standard InChI is InChI=1S/C14H27NO2.Rb/c1-6-7-13(16)15-10-9-14(4,5)17-11-8-12(2)3;/h2,6-11H2,1,3-5H3,(H,15,16);/q;+1/p-1. The average Bonchev–Trinajstić information content (AvgIpc) is 2.16. The summed E-state index contributed by atoms with van der Waals surface area (Å²) in [6.45, 7) is 13.1. The number of ether oxygens (including phenoxy) is 1. The van der Waals surface area contributed by atoms with E-state index in [-0.39, 0.29) is 69.7 Å². The first-order chi connectivity index (χ1) is 7.87. The maximum absolute atomic E-state index is 11.2. The third kappa shape index (κ3) is 13.4. The van der Waals surface area contributed by atoms with E-state index >= 15 is 0 Å². The van der Waals surface area contributed by atoms with Crippen molar-refractivity contribution < 1.29 is 67.7 Å². The summed E-state index contributed by atoms with van der Waals surface area (Å²) in [6.07, 6.45) is 3.08. The van der Waals surface area contributed by atoms with Gasteiger partial charge in [-0.05, 0) is 40.0 Å². The van der Waals surface area contributed by atoms with Crippen LogP contribution in [0.25, 0.3) is 5.32 Å². The molecule has 3 nitrogen and oxygen atoms in total. The molecule has 4 heteroatoms. The van der Waals surface area contributed by atoms with E-state index in [0.29, 0.717) is 19.6 Å². The monoisotopic (exact) mass is 325 g/mol. The zero-order valence-corrected chi connectivity index (χ0v) is 17.6. The predicted molar refractivity (Wildman–Crippen MR) is 72.2 cm³/mol. The van der Waals surface area contributed by atoms with Crippen molar-refractivity contribution >= 4 is 5.91 Å². The molecule has 0 spiro atoms. The molecule has 0 aliphatic carbocycles. The Morgan fingerprint density at radius 1 is 1.33 bits per heavy atom. The van der Waals surface area contributed by atoms with Crippen LogP contribution < -0.4 is 58.2 Å². The zero-order chi connectivity index (χ0) is 13.3. The van der Waals surface area contributed by atoms with Crippen molar-refractivity contribution in [1.82, 2.24) is 0 Å². The summed E-state index contributed by atoms with van der Waals surface area (Å²) >= 11 is 0. The molecule has 0 fully saturated rings. The molecule has 0 atom stereocenters. The Morgan fingerprint density at radius 3 is 2.44 bits per heavy atom. The van der Waals surface area contributed by atoms with Crippen molar-refractivity contribution in [3.63, 3.8) is 0 Å². The van der Waals surface area contributed by atoms with Crippen LogP contribution in [0.4, 0.5) is 0 Å². The number of hydrogen-bond acceptors (Lipinski definition) is 2. The van der Waals surface area contributed by atoms with Gasteiger partial charge >= 0.3 is 58.2 Å². The summed E-state index contributed by atoms with van der Waals surface area (Å²) in [5, 5.41) is 4.01. The van der Waals surface area contributed by atoms with Crippen LogP contribution in [0, 0.1) is 0 Å². The Morgan fingerprint density at radius 2 is 1.94 bits per heavy atom. The largest absolute Gasteiger partial charge is 1.00 e. The molecule has 0 rings (SSSR count). The van der Waals surface area contributed by atoms with Gasteiger partial charge in [0.1, 0.15) is 0 Å². The molecule has 18 heavy (non-hydrogen) atoms. The third-order valence-corrected chi connectivity index (χ3v) is 2.49. The molecule has 0 aromatic rings. The molecule has 0 saturated heterocycles. The number of hydrogen-bond donors (Lipinski definition) is 0. The summed E-state index contributed by atoms with van der Waals surface area (Å²) < 4.78 is 5.75. The molecule has 0 unspecified atom stereocenters. The van der Waals surface area contributed by atoms with E-state index in [9.17, 15) is 4.79 Å². The predicted octanol–water partition coefficient (Wildman–Crippen LogP) is 0.842. The van der Waals surface area contributed by atoms with Crippen LogP contribution in [-0.4, -0.2) is 24.7 Å². The molecule has 0 aliphatic rings. The van der Waals surface area contributed by atoms with E-state index in [1.165, 1.54) is 0 Å². The van der Waals surface area contributed by atoms with Crippen LogP contribution in [0.1, 0.15) is 53.4 Å². The van der Waals surface area contributed by atoms with Crippen molar-refractivity contribution in [3.05, 3.63) is 17.5 Å². The van der Waals surface area contributed by atoms with Gasteiger partial charge in [0.25, 0.3) is 0 Å². The molecule has 0 heterocycles. The van der Waals surface area contributed by atoms with Crippen LogP contribution in [-0.2, 0) is 9.53 Å². The van der Waals surface area contributed by atoms with Crippen LogP contribution >= 0.6 is 0 Å². The quantitative estimate of drug-likeness (QED) is 0.590. The molecular formula is C14H26NO2Rb. The Labute approximate surface area is 161 Å². The fraction of sp³-hybridized carbons (Fsp3) is 0.786. The maximum atomic E-state index is 11.2. The van der Waals surface area contributed by atoms with E-state index in [4.69, 9.17) is 4.74 Å². The summed E-state index contributed by atoms with van der Waals surface area (Å²) in [6, 6.07) is 0. The minimum atomic E-state index is -0.217. The first kappa shape index (κ1) is 21.3. The Hall–Kier alpha value is 0.975. The summed E-state index contributed by atoms with van der Waals surface area (Å²) in [5.74, 6) is 0.00485. The van der Waals surface area contributed by atoms with E-state index in [1.54, 1.807) is 0 Å². The van der Waals surface area contributed by atoms with Crippen molar-refractivity contribution in [1.29, 1.82) is 0 Å². The van der Waals surface area contributed by atoms with Crippen LogP contribution in [0.2, 0.25) is 0 Å². The Balaban J connectivity index is 0. The number of amides is 1. The molecule has 0 radical (unpaired) electrons. The van der Waals surface area contributed by atoms with Gasteiger partial charge in [-0.15, -0.1) is 13.1 Å². The molecular weight excluding hydrogens is 300 g/mol. The van der Waals surface area contributed by atoms with Gasteiger partial charge in [0.15, 0.2) is 0 Å². The number of carbonyl (C=O) groups excluding carboxylic acids is 1. The van der Waals surface area contributed by atoms with Crippen molar-refractivity contribution in [2.45, 2.75) is 59.0 Å². The Bertz CT molecular complexity index is 252. The summed E-state index contributed by atoms with van der Waals surface area (Å²) in [5.41, 5.74) is 0.912. The van der Waals surface area contributed by atoms with Gasteiger partial charge in [0, 0.05) is 0 Å². The van der Waals surface area contributed by atoms with E-state index in [0.717, 1.165) is 24.8 Å². The fourth-order valence-corrected chi connectivity index (χ4v) is 1.32. The second kappa shape index (κ2) is 11.8. The molecule has 0 aromatic carbocycles. The van der Waals surface area contributed by atoms with Crippen molar-refractivity contribution in [2.24, 2.45) is 0 Å². The van der Waals surface area contributed by atoms with Gasteiger partial charge in [0.05, 0.1) is 18.1 Å². The van der Waals surface area contributed by atoms with Gasteiger partial charge in [-0.3, -0.25) is 0 Å². The minimum Gasteiger partial charge on any atom is -0.653 e. The van der Waals surface area contributed by atoms with Gasteiger partial charge < -0.3 is 14.8 Å². The SMILES string of the molecule is C=C(C)CCOC(C)(C)CC[N-]C(=O)CCC.[Rb+]. The van der Waals surface area contributed by atoms with Gasteiger partial charge in [-0.25, -0.2) is 0 Å². The van der Waals surface area contributed by atoms with Crippen LogP contribution in [0.3, 0.4) is 0 Å². The smallest absolute Gasteiger partial charge is 0.653 e. The number of nitrogens with zero attached hydrogens (tertiary/aromatic N) is 1. The zero-order valence-electron chi connectivity index (χ0n) is 12.7. The van der Waals surface area contributed by atoms with Crippen LogP contribution in [0.5, 0.6) is 0 Å². The van der Waals surface area contributed by atoms with Crippen molar-refractivity contribution in [2.75, 3.05) is 13.2 Å². The number of carbonyl (C=O) groups is 1. The summed E-state index contributed by atoms with van der Waals surface area (Å²) in [7, 11) is 0. The second-order valence-corrected chi connectivity index (χ2v) is 5.09. The molecule has 100 valence electrons. The summed E-state index contributed by atoms with van der Waals surface area (Å²) in [4.78, 5) is 11.2. The van der Waals surface area contributed by atoms with Gasteiger partial charge in [-0.2, -0.15) is 0 Å². The van der Waals surface area contributed by atoms with E-state index < -0.39 is 0 Å². The molecule has 0 saturated carbocycles. The van der Waals surface area contributed by atoms with E-state index in [2.05, 4.69) is 11.9 Å². The average molecular weight is 326 g/mol. The minimum absolute atomic E-state index is 0. The molecule has 0 N–H and O–H groups in total. The molecule has 0 aliphatic heterocycles. The maximum Gasteiger partial charge on any atom is 1.00 e. The molecule has 0 aromatic heterocycles. The first-order valence-electron chi connectivity index (χ1n) is 6.36. The first-order valence-corrected chi connectivity index (χ1v) is 6.36. The fourth-order valence-electron chi connectivity index (χ4n) is 1.32. The third-order valence-electron chi connectivity index (χ3n) is 2.49. The normalized spacial score (nSPS) is 10.7. The van der Waals surface area contributed by atoms with Crippen LogP contribution in [0.15, 0.2) is 12.2 Å². The van der Waals surface area contributed by atoms with Gasteiger partial charge in [-0.1, -0.05) is 18.9 Å². The molecule has 1 amide bonds. The van der Waals surface area contributed by atoms with E-state index in [1.807, 2.05) is 27.7 Å². The number of rotatable bonds is 9. The van der Waals surface area contributed by atoms with Gasteiger partial charge in [0.2, 0.25) is 0 Å². The topological polar surface area (TPSA) is 40.4 Å².